The molecule has 308 valence electrons. The molecule has 0 spiro atoms. The lowest BCUT2D eigenvalue weighted by Crippen LogP contribution is -2.37. The summed E-state index contributed by atoms with van der Waals surface area (Å²) in [7, 11) is 6.22. The van der Waals surface area contributed by atoms with Crippen molar-refractivity contribution in [3.05, 3.63) is 122 Å². The van der Waals surface area contributed by atoms with E-state index in [-0.39, 0.29) is 23.4 Å². The molecule has 0 saturated carbocycles. The maximum absolute atomic E-state index is 12.9. The molecule has 0 radical (unpaired) electrons. The number of aliphatic hydroxyl groups excluding tert-OH is 1. The average Bonchev–Trinajstić information content (AvgIpc) is 3.75. The highest BCUT2D eigenvalue weighted by atomic mass is 127. The zero-order valence-electron chi connectivity index (χ0n) is 33.3. The van der Waals surface area contributed by atoms with Crippen LogP contribution in [0.2, 0.25) is 0 Å². The van der Waals surface area contributed by atoms with Crippen LogP contribution < -0.4 is 22.5 Å². The van der Waals surface area contributed by atoms with Crippen LogP contribution in [0, 0.1) is 0 Å². The molecule has 0 aliphatic rings. The van der Waals surface area contributed by atoms with E-state index in [2.05, 4.69) is 78.3 Å². The fraction of sp³-hybridized carbons (Fsp3) is 0.450. The van der Waals surface area contributed by atoms with Crippen molar-refractivity contribution in [3.63, 3.8) is 0 Å². The number of fused-ring (bicyclic) bond motifs is 2. The standard InChI is InChI=1S/C20H25BrN4O3.C17H19BrN4O3.C3H7I/c1-4-10-28-11-6-9-16-22-18-17(19(26)24(3)20(27)23(18)2)25(16)13-14-7-5-8-15(21)12-14;1-20-15-14(16(24)21(2)17(20)25)22(13(19-15)7-4-8-23)10-11-5-3-6-12(18)9-11;1-2-3-4/h5,7-8,12H,4,6,9-11,13H2,1-3H3;3,5-6,9,23H,4,7-8,10H2,1-2H3;2-3H2,1H3. The van der Waals surface area contributed by atoms with E-state index in [4.69, 9.17) is 9.84 Å². The topological polar surface area (TPSA) is 153 Å². The Labute approximate surface area is 361 Å². The van der Waals surface area contributed by atoms with Crippen molar-refractivity contribution in [1.82, 2.24) is 37.4 Å². The van der Waals surface area contributed by atoms with Crippen LogP contribution in [-0.4, -0.2) is 66.7 Å². The van der Waals surface area contributed by atoms with Gasteiger partial charge in [0, 0.05) is 82.9 Å². The van der Waals surface area contributed by atoms with Crippen molar-refractivity contribution in [2.75, 3.05) is 24.2 Å². The summed E-state index contributed by atoms with van der Waals surface area (Å²) in [5.74, 6) is 1.47. The summed E-state index contributed by atoms with van der Waals surface area (Å²) in [6.07, 6.45) is 4.83. The van der Waals surface area contributed by atoms with E-state index in [0.717, 1.165) is 54.5 Å². The summed E-state index contributed by atoms with van der Waals surface area (Å²) in [6, 6.07) is 15.8. The highest BCUT2D eigenvalue weighted by Crippen LogP contribution is 2.20. The zero-order chi connectivity index (χ0) is 41.8. The number of aryl methyl sites for hydroxylation is 4. The molecule has 6 aromatic rings. The van der Waals surface area contributed by atoms with Crippen LogP contribution in [0.25, 0.3) is 22.3 Å². The van der Waals surface area contributed by atoms with E-state index in [1.807, 2.05) is 57.7 Å². The number of hydrogen-bond donors (Lipinski definition) is 1. The fourth-order valence-corrected chi connectivity index (χ4v) is 7.05. The second-order valence-electron chi connectivity index (χ2n) is 13.5. The Kier molecular flexibility index (Phi) is 17.7. The molecule has 14 nitrogen and oxygen atoms in total. The second-order valence-corrected chi connectivity index (χ2v) is 16.4. The van der Waals surface area contributed by atoms with E-state index in [1.54, 1.807) is 14.1 Å². The number of alkyl halides is 1. The van der Waals surface area contributed by atoms with Gasteiger partial charge in [0.1, 0.15) is 11.6 Å². The molecule has 4 aromatic heterocycles. The summed E-state index contributed by atoms with van der Waals surface area (Å²) < 4.78 is 17.6. The third-order valence-electron chi connectivity index (χ3n) is 9.10. The average molecular weight is 1030 g/mol. The van der Waals surface area contributed by atoms with Gasteiger partial charge < -0.3 is 19.0 Å². The second kappa shape index (κ2) is 21.9. The van der Waals surface area contributed by atoms with Crippen LogP contribution in [0.5, 0.6) is 0 Å². The summed E-state index contributed by atoms with van der Waals surface area (Å²) in [5, 5.41) is 9.15. The van der Waals surface area contributed by atoms with Gasteiger partial charge in [0.05, 0.1) is 0 Å². The third-order valence-corrected chi connectivity index (χ3v) is 11.2. The number of nitrogens with zero attached hydrogens (tertiary/aromatic N) is 8. The van der Waals surface area contributed by atoms with Crippen LogP contribution in [0.1, 0.15) is 62.3 Å². The first-order chi connectivity index (χ1) is 27.3. The van der Waals surface area contributed by atoms with Gasteiger partial charge in [0.2, 0.25) is 0 Å². The van der Waals surface area contributed by atoms with Crippen molar-refractivity contribution in [2.24, 2.45) is 28.2 Å². The fourth-order valence-electron chi connectivity index (χ4n) is 6.16. The SMILES string of the molecule is CCCI.CCCOCCCc1nc2c(c(=O)n(C)c(=O)n2C)n1Cc1cccc(Br)c1.Cn1c(=O)c2c(nc(CCCO)n2Cc2cccc(Br)c2)n(C)c1=O. The smallest absolute Gasteiger partial charge is 0.332 e. The van der Waals surface area contributed by atoms with E-state index >= 15 is 0 Å². The van der Waals surface area contributed by atoms with Gasteiger partial charge >= 0.3 is 11.4 Å². The summed E-state index contributed by atoms with van der Waals surface area (Å²) in [4.78, 5) is 59.2. The maximum atomic E-state index is 12.9. The molecule has 1 N–H and O–H groups in total. The molecule has 0 saturated heterocycles. The first-order valence-corrected chi connectivity index (χ1v) is 21.9. The van der Waals surface area contributed by atoms with Crippen molar-refractivity contribution in [3.8, 4) is 0 Å². The lowest BCUT2D eigenvalue weighted by atomic mass is 10.2. The first kappa shape index (κ1) is 46.0. The third kappa shape index (κ3) is 11.3. The van der Waals surface area contributed by atoms with Gasteiger partial charge in [0.15, 0.2) is 22.3 Å². The number of halogens is 3. The lowest BCUT2D eigenvalue weighted by molar-refractivity contribution is 0.132. The minimum Gasteiger partial charge on any atom is -0.396 e. The molecule has 0 fully saturated rings. The van der Waals surface area contributed by atoms with Gasteiger partial charge in [-0.25, -0.2) is 19.6 Å². The number of aliphatic hydroxyl groups is 1. The molecular weight excluding hydrogens is 975 g/mol. The molecule has 2 aromatic carbocycles. The molecule has 0 unspecified atom stereocenters. The molecule has 6 rings (SSSR count). The monoisotopic (exact) mass is 1020 g/mol. The largest absolute Gasteiger partial charge is 0.396 e. The van der Waals surface area contributed by atoms with Gasteiger partial charge in [-0.3, -0.25) is 27.9 Å². The van der Waals surface area contributed by atoms with Crippen LogP contribution in [0.15, 0.2) is 76.7 Å². The molecule has 17 heteroatoms. The zero-order valence-corrected chi connectivity index (χ0v) is 38.6. The minimum atomic E-state index is -0.404. The Balaban J connectivity index is 0.000000232. The normalized spacial score (nSPS) is 11.1. The van der Waals surface area contributed by atoms with E-state index < -0.39 is 5.69 Å². The van der Waals surface area contributed by atoms with Gasteiger partial charge in [0.25, 0.3) is 11.1 Å². The molecule has 0 amide bonds. The molecule has 0 aliphatic heterocycles. The van der Waals surface area contributed by atoms with Gasteiger partial charge in [-0.1, -0.05) is 92.6 Å². The van der Waals surface area contributed by atoms with Crippen LogP contribution >= 0.6 is 54.5 Å². The van der Waals surface area contributed by atoms with E-state index in [0.29, 0.717) is 67.1 Å². The van der Waals surface area contributed by atoms with E-state index in [1.165, 1.54) is 34.1 Å². The number of hydrogen-bond acceptors (Lipinski definition) is 8. The summed E-state index contributed by atoms with van der Waals surface area (Å²) >= 11 is 9.30. The predicted molar refractivity (Wildman–Crippen MR) is 241 cm³/mol. The Bertz CT molecular complexity index is 2530. The van der Waals surface area contributed by atoms with Crippen LogP contribution in [-0.2, 0) is 58.9 Å². The van der Waals surface area contributed by atoms with Gasteiger partial charge in [-0.2, -0.15) is 0 Å². The van der Waals surface area contributed by atoms with Crippen molar-refractivity contribution >= 4 is 76.8 Å². The highest BCUT2D eigenvalue weighted by Gasteiger charge is 2.21. The number of imidazole rings is 2. The van der Waals surface area contributed by atoms with Gasteiger partial charge in [-0.05, 0) is 65.5 Å². The number of aromatic nitrogens is 8. The molecular formula is C40H51Br2IN8O6. The van der Waals surface area contributed by atoms with Crippen molar-refractivity contribution in [1.29, 1.82) is 0 Å². The molecule has 4 heterocycles. The quantitative estimate of drug-likeness (QED) is 0.0841. The Morgan fingerprint density at radius 3 is 1.49 bits per heavy atom. The number of rotatable bonds is 14. The molecule has 0 bridgehead atoms. The summed E-state index contributed by atoms with van der Waals surface area (Å²) in [6.45, 7) is 6.64. The van der Waals surface area contributed by atoms with Crippen molar-refractivity contribution < 1.29 is 9.84 Å². The minimum absolute atomic E-state index is 0.0387. The van der Waals surface area contributed by atoms with Crippen LogP contribution in [0.4, 0.5) is 0 Å². The van der Waals surface area contributed by atoms with Gasteiger partial charge in [-0.15, -0.1) is 0 Å². The maximum Gasteiger partial charge on any atom is 0.332 e. The Morgan fingerprint density at radius 2 is 1.11 bits per heavy atom. The Hall–Kier alpha value is -3.65. The predicted octanol–water partition coefficient (Wildman–Crippen LogP) is 5.60. The molecule has 0 aliphatic carbocycles. The van der Waals surface area contributed by atoms with Crippen molar-refractivity contribution in [2.45, 2.75) is 65.5 Å². The van der Waals surface area contributed by atoms with E-state index in [9.17, 15) is 19.2 Å². The first-order valence-electron chi connectivity index (χ1n) is 18.8. The molecule has 57 heavy (non-hydrogen) atoms. The lowest BCUT2D eigenvalue weighted by Gasteiger charge is -2.10. The number of ether oxygens (including phenoxy) is 1. The summed E-state index contributed by atoms with van der Waals surface area (Å²) in [5.41, 5.74) is 2.24. The Morgan fingerprint density at radius 1 is 0.667 bits per heavy atom. The number of benzene rings is 2. The highest BCUT2D eigenvalue weighted by molar-refractivity contribution is 14.1. The molecule has 0 atom stereocenters. The van der Waals surface area contributed by atoms with Crippen LogP contribution in [0.3, 0.4) is 0 Å².